The van der Waals surface area contributed by atoms with Crippen LogP contribution in [0, 0.1) is 0 Å². The summed E-state index contributed by atoms with van der Waals surface area (Å²) in [6, 6.07) is 14.8. The minimum Gasteiger partial charge on any atom is -0.365 e. The lowest BCUT2D eigenvalue weighted by molar-refractivity contribution is -0.124. The Morgan fingerprint density at radius 1 is 0.853 bits per heavy atom. The van der Waals surface area contributed by atoms with Gasteiger partial charge in [-0.25, -0.2) is 0 Å². The van der Waals surface area contributed by atoms with E-state index in [0.717, 1.165) is 62.6 Å². The summed E-state index contributed by atoms with van der Waals surface area (Å²) in [5, 5.41) is 7.60. The van der Waals surface area contributed by atoms with E-state index in [1.807, 2.05) is 42.5 Å². The van der Waals surface area contributed by atoms with Crippen molar-refractivity contribution < 1.29 is 9.59 Å². The molecule has 2 aliphatic carbocycles. The summed E-state index contributed by atoms with van der Waals surface area (Å²) in [7, 11) is 0. The SMILES string of the molecule is O=C(NC1CC1)c1ccc(N2[C@@H]3CC[C@H]2C[C@@H](NC(=O)C2(c4ccc(Cl)cc4)CC2)C3)cc1Cl. The number of hydrogen-bond donors (Lipinski definition) is 2. The highest BCUT2D eigenvalue weighted by Crippen LogP contribution is 2.49. The molecule has 3 atom stereocenters. The number of carbonyl (C=O) groups is 2. The molecule has 2 heterocycles. The molecule has 0 unspecified atom stereocenters. The van der Waals surface area contributed by atoms with Gasteiger partial charge in [0.2, 0.25) is 5.91 Å². The number of piperidine rings is 1. The van der Waals surface area contributed by atoms with Crippen LogP contribution in [0.3, 0.4) is 0 Å². The normalized spacial score (nSPS) is 26.8. The Labute approximate surface area is 210 Å². The third-order valence-electron chi connectivity index (χ3n) is 8.06. The van der Waals surface area contributed by atoms with Crippen LogP contribution in [0.5, 0.6) is 0 Å². The number of rotatable bonds is 6. The third kappa shape index (κ3) is 4.07. The first-order valence-electron chi connectivity index (χ1n) is 12.4. The number of nitrogens with zero attached hydrogens (tertiary/aromatic N) is 1. The molecule has 2 amide bonds. The second-order valence-electron chi connectivity index (χ2n) is 10.4. The minimum atomic E-state index is -0.384. The van der Waals surface area contributed by atoms with Crippen LogP contribution in [0.4, 0.5) is 5.69 Å². The van der Waals surface area contributed by atoms with Gasteiger partial charge in [0.05, 0.1) is 16.0 Å². The number of fused-ring (bicyclic) bond motifs is 2. The number of nitrogens with one attached hydrogen (secondary N) is 2. The molecule has 6 rings (SSSR count). The first-order valence-corrected chi connectivity index (χ1v) is 13.1. The average Bonchev–Trinajstić information content (AvgIpc) is 3.73. The minimum absolute atomic E-state index is 0.0851. The number of hydrogen-bond acceptors (Lipinski definition) is 3. The van der Waals surface area contributed by atoms with Crippen molar-refractivity contribution in [1.29, 1.82) is 0 Å². The van der Waals surface area contributed by atoms with Gasteiger partial charge in [-0.05, 0) is 87.3 Å². The highest BCUT2D eigenvalue weighted by molar-refractivity contribution is 6.34. The van der Waals surface area contributed by atoms with Crippen LogP contribution < -0.4 is 15.5 Å². The monoisotopic (exact) mass is 497 g/mol. The zero-order valence-electron chi connectivity index (χ0n) is 19.0. The lowest BCUT2D eigenvalue weighted by Gasteiger charge is -2.41. The van der Waals surface area contributed by atoms with Crippen molar-refractivity contribution in [2.45, 2.75) is 80.9 Å². The fourth-order valence-corrected chi connectivity index (χ4v) is 6.31. The molecule has 5 nitrogen and oxygen atoms in total. The van der Waals surface area contributed by atoms with Crippen molar-refractivity contribution in [3.05, 3.63) is 63.6 Å². The first kappa shape index (κ1) is 22.2. The molecule has 2 N–H and O–H groups in total. The van der Waals surface area contributed by atoms with E-state index >= 15 is 0 Å². The molecule has 2 aromatic rings. The van der Waals surface area contributed by atoms with Crippen LogP contribution in [0.25, 0.3) is 0 Å². The van der Waals surface area contributed by atoms with Crippen molar-refractivity contribution in [2.75, 3.05) is 4.90 Å². The van der Waals surface area contributed by atoms with E-state index in [1.165, 1.54) is 0 Å². The van der Waals surface area contributed by atoms with Gasteiger partial charge in [0.1, 0.15) is 0 Å². The third-order valence-corrected chi connectivity index (χ3v) is 8.62. The Balaban J connectivity index is 1.12. The lowest BCUT2D eigenvalue weighted by Crippen LogP contribution is -2.52. The van der Waals surface area contributed by atoms with Gasteiger partial charge in [-0.1, -0.05) is 35.3 Å². The molecule has 0 spiro atoms. The summed E-state index contributed by atoms with van der Waals surface area (Å²) in [6.45, 7) is 0. The Morgan fingerprint density at radius 2 is 1.53 bits per heavy atom. The van der Waals surface area contributed by atoms with Crippen molar-refractivity contribution in [3.8, 4) is 0 Å². The molecule has 7 heteroatoms. The van der Waals surface area contributed by atoms with Crippen molar-refractivity contribution in [2.24, 2.45) is 0 Å². The van der Waals surface area contributed by atoms with E-state index in [4.69, 9.17) is 23.2 Å². The van der Waals surface area contributed by atoms with Gasteiger partial charge in [0.25, 0.3) is 5.91 Å². The van der Waals surface area contributed by atoms with E-state index < -0.39 is 0 Å². The topological polar surface area (TPSA) is 61.4 Å². The lowest BCUT2D eigenvalue weighted by atomic mass is 9.92. The van der Waals surface area contributed by atoms with Gasteiger partial charge >= 0.3 is 0 Å². The maximum atomic E-state index is 13.3. The standard InChI is InChI=1S/C27H29Cl2N3O2/c28-17-3-1-16(2-4-17)27(11-12-27)26(34)31-19-13-20-7-8-21(14-19)32(20)22-9-10-23(24(29)15-22)25(33)30-18-5-6-18/h1-4,9-10,15,18-21H,5-8,11-14H2,(H,30,33)(H,31,34)/t19-,20+,21-. The highest BCUT2D eigenvalue weighted by atomic mass is 35.5. The van der Waals surface area contributed by atoms with Crippen LogP contribution in [0.1, 0.15) is 67.3 Å². The number of anilines is 1. The summed E-state index contributed by atoms with van der Waals surface area (Å²) in [5.74, 6) is 0.0693. The molecule has 0 aromatic heterocycles. The second-order valence-corrected chi connectivity index (χ2v) is 11.3. The van der Waals surface area contributed by atoms with Gasteiger partial charge in [0, 0.05) is 34.9 Å². The smallest absolute Gasteiger partial charge is 0.253 e. The van der Waals surface area contributed by atoms with E-state index in [1.54, 1.807) is 0 Å². The van der Waals surface area contributed by atoms with E-state index in [0.29, 0.717) is 33.7 Å². The van der Waals surface area contributed by atoms with E-state index in [-0.39, 0.29) is 23.3 Å². The molecule has 2 aliphatic heterocycles. The maximum Gasteiger partial charge on any atom is 0.253 e. The summed E-state index contributed by atoms with van der Waals surface area (Å²) in [5.41, 5.74) is 2.30. The van der Waals surface area contributed by atoms with Gasteiger partial charge in [-0.3, -0.25) is 9.59 Å². The Hall–Kier alpha value is -2.24. The first-order chi connectivity index (χ1) is 16.4. The Morgan fingerprint density at radius 3 is 2.12 bits per heavy atom. The van der Waals surface area contributed by atoms with Crippen LogP contribution in [-0.2, 0) is 10.2 Å². The Bertz CT molecular complexity index is 1110. The molecular weight excluding hydrogens is 469 g/mol. The average molecular weight is 498 g/mol. The van der Waals surface area contributed by atoms with Crippen LogP contribution in [0.15, 0.2) is 42.5 Å². The summed E-state index contributed by atoms with van der Waals surface area (Å²) in [6.07, 6.45) is 7.98. The van der Waals surface area contributed by atoms with Crippen LogP contribution in [-0.4, -0.2) is 36.0 Å². The summed E-state index contributed by atoms with van der Waals surface area (Å²) >= 11 is 12.6. The molecule has 178 valence electrons. The van der Waals surface area contributed by atoms with Gasteiger partial charge in [-0.2, -0.15) is 0 Å². The number of amides is 2. The molecule has 4 fully saturated rings. The predicted molar refractivity (Wildman–Crippen MR) is 135 cm³/mol. The van der Waals surface area contributed by atoms with Gasteiger partial charge in [0.15, 0.2) is 0 Å². The van der Waals surface area contributed by atoms with Crippen molar-refractivity contribution in [3.63, 3.8) is 0 Å². The van der Waals surface area contributed by atoms with Crippen LogP contribution in [0.2, 0.25) is 10.0 Å². The molecule has 2 saturated heterocycles. The fourth-order valence-electron chi connectivity index (χ4n) is 5.92. The molecule has 34 heavy (non-hydrogen) atoms. The fraction of sp³-hybridized carbons (Fsp3) is 0.481. The van der Waals surface area contributed by atoms with Gasteiger partial charge < -0.3 is 15.5 Å². The highest BCUT2D eigenvalue weighted by Gasteiger charge is 2.52. The number of benzene rings is 2. The van der Waals surface area contributed by atoms with Crippen molar-refractivity contribution >= 4 is 40.7 Å². The largest absolute Gasteiger partial charge is 0.365 e. The molecule has 2 aromatic carbocycles. The molecule has 2 saturated carbocycles. The Kier molecular flexibility index (Phi) is 5.53. The molecule has 4 aliphatic rings. The van der Waals surface area contributed by atoms with Crippen LogP contribution >= 0.6 is 23.2 Å². The summed E-state index contributed by atoms with van der Waals surface area (Å²) in [4.78, 5) is 28.2. The number of carbonyl (C=O) groups excluding carboxylic acids is 2. The van der Waals surface area contributed by atoms with Crippen molar-refractivity contribution in [1.82, 2.24) is 10.6 Å². The van der Waals surface area contributed by atoms with E-state index in [9.17, 15) is 9.59 Å². The zero-order valence-corrected chi connectivity index (χ0v) is 20.5. The molecule has 2 bridgehead atoms. The zero-order chi connectivity index (χ0) is 23.4. The molecule has 0 radical (unpaired) electrons. The quantitative estimate of drug-likeness (QED) is 0.573. The predicted octanol–water partition coefficient (Wildman–Crippen LogP) is 5.23. The van der Waals surface area contributed by atoms with Gasteiger partial charge in [-0.15, -0.1) is 0 Å². The van der Waals surface area contributed by atoms with E-state index in [2.05, 4.69) is 15.5 Å². The molecular formula is C27H29Cl2N3O2. The summed E-state index contributed by atoms with van der Waals surface area (Å²) < 4.78 is 0. The number of halogens is 2. The second kappa shape index (κ2) is 8.46. The maximum absolute atomic E-state index is 13.3.